The van der Waals surface area contributed by atoms with Crippen molar-refractivity contribution in [2.24, 2.45) is 0 Å². The molecule has 1 aromatic carbocycles. The fourth-order valence-corrected chi connectivity index (χ4v) is 2.41. The monoisotopic (exact) mass is 303 g/mol. The van der Waals surface area contributed by atoms with Gasteiger partial charge in [-0.1, -0.05) is 29.8 Å². The summed E-state index contributed by atoms with van der Waals surface area (Å²) in [4.78, 5) is 16.3. The average Bonchev–Trinajstić information content (AvgIpc) is 2.54. The van der Waals surface area contributed by atoms with Crippen molar-refractivity contribution in [3.8, 4) is 0 Å². The van der Waals surface area contributed by atoms with Crippen LogP contribution in [0.4, 0.5) is 0 Å². The molecule has 1 saturated heterocycles. The molecule has 1 heterocycles. The van der Waals surface area contributed by atoms with Gasteiger partial charge in [-0.3, -0.25) is 14.6 Å². The summed E-state index contributed by atoms with van der Waals surface area (Å²) < 4.78 is 0. The van der Waals surface area contributed by atoms with Crippen molar-refractivity contribution >= 4 is 12.0 Å². The summed E-state index contributed by atoms with van der Waals surface area (Å²) in [7, 11) is 0. The zero-order valence-corrected chi connectivity index (χ0v) is 13.2. The second-order valence-electron chi connectivity index (χ2n) is 5.63. The van der Waals surface area contributed by atoms with Gasteiger partial charge in [-0.15, -0.1) is 0 Å². The van der Waals surface area contributed by atoms with E-state index in [1.165, 1.54) is 5.56 Å². The van der Waals surface area contributed by atoms with Crippen LogP contribution in [0.25, 0.3) is 6.08 Å². The molecule has 2 rings (SSSR count). The van der Waals surface area contributed by atoms with Gasteiger partial charge < -0.3 is 10.4 Å². The Hall–Kier alpha value is -1.69. The summed E-state index contributed by atoms with van der Waals surface area (Å²) in [6.07, 6.45) is 3.40. The summed E-state index contributed by atoms with van der Waals surface area (Å²) in [6.45, 7) is 7.28. The predicted octanol–water partition coefficient (Wildman–Crippen LogP) is 0.692. The van der Waals surface area contributed by atoms with Crippen LogP contribution in [-0.4, -0.2) is 66.8 Å². The third-order valence-corrected chi connectivity index (χ3v) is 3.86. The second-order valence-corrected chi connectivity index (χ2v) is 5.63. The van der Waals surface area contributed by atoms with E-state index in [0.717, 1.165) is 38.3 Å². The van der Waals surface area contributed by atoms with Crippen molar-refractivity contribution in [1.29, 1.82) is 0 Å². The summed E-state index contributed by atoms with van der Waals surface area (Å²) in [5.74, 6) is -0.0710. The lowest BCUT2D eigenvalue weighted by atomic mass is 10.1. The normalized spacial score (nSPS) is 17.0. The van der Waals surface area contributed by atoms with Crippen LogP contribution in [0.5, 0.6) is 0 Å². The van der Waals surface area contributed by atoms with Crippen LogP contribution in [0.3, 0.4) is 0 Å². The Morgan fingerprint density at radius 1 is 1.18 bits per heavy atom. The zero-order chi connectivity index (χ0) is 15.8. The van der Waals surface area contributed by atoms with Crippen LogP contribution in [-0.2, 0) is 4.79 Å². The molecule has 0 radical (unpaired) electrons. The number of nitrogens with one attached hydrogen (secondary N) is 1. The average molecular weight is 303 g/mol. The van der Waals surface area contributed by atoms with Gasteiger partial charge in [0.15, 0.2) is 0 Å². The maximum atomic E-state index is 11.8. The first-order valence-electron chi connectivity index (χ1n) is 7.75. The molecular weight excluding hydrogens is 278 g/mol. The molecule has 120 valence electrons. The van der Waals surface area contributed by atoms with Crippen LogP contribution < -0.4 is 5.32 Å². The van der Waals surface area contributed by atoms with E-state index >= 15 is 0 Å². The maximum absolute atomic E-state index is 11.8. The topological polar surface area (TPSA) is 55.8 Å². The highest BCUT2D eigenvalue weighted by atomic mass is 16.3. The van der Waals surface area contributed by atoms with Crippen LogP contribution in [0, 0.1) is 6.92 Å². The van der Waals surface area contributed by atoms with Crippen molar-refractivity contribution < 1.29 is 9.90 Å². The molecule has 1 fully saturated rings. The van der Waals surface area contributed by atoms with Crippen LogP contribution in [0.2, 0.25) is 0 Å². The van der Waals surface area contributed by atoms with E-state index < -0.39 is 0 Å². The van der Waals surface area contributed by atoms with Gasteiger partial charge in [0, 0.05) is 38.8 Å². The lowest BCUT2D eigenvalue weighted by Gasteiger charge is -2.34. The fraction of sp³-hybridized carbons (Fsp3) is 0.471. The molecule has 0 spiro atoms. The minimum absolute atomic E-state index is 0.0710. The van der Waals surface area contributed by atoms with E-state index in [1.54, 1.807) is 6.08 Å². The molecule has 0 bridgehead atoms. The van der Waals surface area contributed by atoms with E-state index in [2.05, 4.69) is 15.1 Å². The Morgan fingerprint density at radius 2 is 1.82 bits per heavy atom. The molecule has 1 aromatic rings. The molecule has 5 heteroatoms. The molecule has 0 aromatic heterocycles. The Balaban J connectivity index is 1.69. The Labute approximate surface area is 132 Å². The van der Waals surface area contributed by atoms with Gasteiger partial charge in [-0.25, -0.2) is 0 Å². The standard InChI is InChI=1S/C17H25N3O2/c1-15-2-4-16(5-3-15)6-7-17(22)18-14-20-10-8-19(9-11-20)12-13-21/h2-7,21H,8-14H2,1H3,(H,18,22)/b7-6+. The summed E-state index contributed by atoms with van der Waals surface area (Å²) >= 11 is 0. The van der Waals surface area contributed by atoms with Gasteiger partial charge in [0.2, 0.25) is 5.91 Å². The number of benzene rings is 1. The van der Waals surface area contributed by atoms with E-state index in [9.17, 15) is 4.79 Å². The van der Waals surface area contributed by atoms with E-state index in [-0.39, 0.29) is 12.5 Å². The molecule has 1 amide bonds. The first-order chi connectivity index (χ1) is 10.7. The molecular formula is C17H25N3O2. The largest absolute Gasteiger partial charge is 0.395 e. The third-order valence-electron chi connectivity index (χ3n) is 3.86. The van der Waals surface area contributed by atoms with Gasteiger partial charge in [0.1, 0.15) is 0 Å². The quantitative estimate of drug-likeness (QED) is 0.759. The Bertz CT molecular complexity index is 491. The summed E-state index contributed by atoms with van der Waals surface area (Å²) in [5, 5.41) is 11.8. The highest BCUT2D eigenvalue weighted by Gasteiger charge is 2.15. The Morgan fingerprint density at radius 3 is 2.45 bits per heavy atom. The number of amides is 1. The number of aryl methyl sites for hydroxylation is 1. The highest BCUT2D eigenvalue weighted by molar-refractivity contribution is 5.91. The number of piperazine rings is 1. The van der Waals surface area contributed by atoms with Crippen LogP contribution in [0.1, 0.15) is 11.1 Å². The number of hydrogen-bond acceptors (Lipinski definition) is 4. The molecule has 0 saturated carbocycles. The third kappa shape index (κ3) is 5.60. The van der Waals surface area contributed by atoms with Gasteiger partial charge in [-0.05, 0) is 18.6 Å². The molecule has 0 atom stereocenters. The second kappa shape index (κ2) is 8.68. The number of hydrogen-bond donors (Lipinski definition) is 2. The molecule has 0 unspecified atom stereocenters. The van der Waals surface area contributed by atoms with Crippen LogP contribution in [0.15, 0.2) is 30.3 Å². The smallest absolute Gasteiger partial charge is 0.245 e. The van der Waals surface area contributed by atoms with E-state index in [1.807, 2.05) is 37.3 Å². The van der Waals surface area contributed by atoms with Crippen LogP contribution >= 0.6 is 0 Å². The SMILES string of the molecule is Cc1ccc(/C=C/C(=O)NCN2CCN(CCO)CC2)cc1. The van der Waals surface area contributed by atoms with E-state index in [4.69, 9.17) is 5.11 Å². The first kappa shape index (κ1) is 16.7. The van der Waals surface area contributed by atoms with E-state index in [0.29, 0.717) is 6.67 Å². The Kier molecular flexibility index (Phi) is 6.58. The number of carbonyl (C=O) groups is 1. The van der Waals surface area contributed by atoms with Gasteiger partial charge in [0.05, 0.1) is 13.3 Å². The lowest BCUT2D eigenvalue weighted by molar-refractivity contribution is -0.117. The fourth-order valence-electron chi connectivity index (χ4n) is 2.41. The minimum Gasteiger partial charge on any atom is -0.395 e. The number of aliphatic hydroxyl groups is 1. The van der Waals surface area contributed by atoms with Crippen molar-refractivity contribution in [3.05, 3.63) is 41.5 Å². The number of carbonyl (C=O) groups excluding carboxylic acids is 1. The van der Waals surface area contributed by atoms with Crippen molar-refractivity contribution in [2.75, 3.05) is 46.0 Å². The first-order valence-corrected chi connectivity index (χ1v) is 7.75. The van der Waals surface area contributed by atoms with Gasteiger partial charge in [0.25, 0.3) is 0 Å². The van der Waals surface area contributed by atoms with Gasteiger partial charge >= 0.3 is 0 Å². The maximum Gasteiger partial charge on any atom is 0.245 e. The number of nitrogens with zero attached hydrogens (tertiary/aromatic N) is 2. The van der Waals surface area contributed by atoms with Gasteiger partial charge in [-0.2, -0.15) is 0 Å². The minimum atomic E-state index is -0.0710. The number of aliphatic hydroxyl groups excluding tert-OH is 1. The number of rotatable bonds is 6. The molecule has 0 aliphatic carbocycles. The van der Waals surface area contributed by atoms with Crippen molar-refractivity contribution in [2.45, 2.75) is 6.92 Å². The zero-order valence-electron chi connectivity index (χ0n) is 13.2. The van der Waals surface area contributed by atoms with Crippen molar-refractivity contribution in [3.63, 3.8) is 0 Å². The molecule has 2 N–H and O–H groups in total. The molecule has 1 aliphatic rings. The lowest BCUT2D eigenvalue weighted by Crippen LogP contribution is -2.50. The molecule has 5 nitrogen and oxygen atoms in total. The highest BCUT2D eigenvalue weighted by Crippen LogP contribution is 2.04. The summed E-state index contributed by atoms with van der Waals surface area (Å²) in [6, 6.07) is 8.06. The number of β-amino-alcohol motifs (C(OH)–C–C–N with tert-alkyl or cyclic N) is 1. The molecule has 1 aliphatic heterocycles. The molecule has 22 heavy (non-hydrogen) atoms. The van der Waals surface area contributed by atoms with Crippen molar-refractivity contribution in [1.82, 2.24) is 15.1 Å². The predicted molar refractivity (Wildman–Crippen MR) is 88.3 cm³/mol. The summed E-state index contributed by atoms with van der Waals surface area (Å²) in [5.41, 5.74) is 2.24.